The van der Waals surface area contributed by atoms with Gasteiger partial charge in [-0.25, -0.2) is 9.98 Å². The fourth-order valence-corrected chi connectivity index (χ4v) is 2.14. The van der Waals surface area contributed by atoms with Crippen LogP contribution in [0.2, 0.25) is 0 Å². The molecule has 5 heteroatoms. The van der Waals surface area contributed by atoms with Crippen LogP contribution in [0.15, 0.2) is 29.4 Å². The van der Waals surface area contributed by atoms with Crippen molar-refractivity contribution in [1.29, 1.82) is 0 Å². The van der Waals surface area contributed by atoms with Crippen molar-refractivity contribution in [2.45, 2.75) is 47.0 Å². The molecule has 1 aromatic heterocycles. The van der Waals surface area contributed by atoms with E-state index in [9.17, 15) is 0 Å². The van der Waals surface area contributed by atoms with Crippen LogP contribution < -0.4 is 4.74 Å². The van der Waals surface area contributed by atoms with Crippen molar-refractivity contribution in [3.63, 3.8) is 0 Å². The Morgan fingerprint density at radius 2 is 1.92 bits per heavy atom. The number of ether oxygens (including phenoxy) is 1. The van der Waals surface area contributed by atoms with Gasteiger partial charge in [0.1, 0.15) is 11.6 Å². The van der Waals surface area contributed by atoms with E-state index in [0.29, 0.717) is 5.88 Å². The molecule has 0 saturated carbocycles. The Morgan fingerprint density at radius 1 is 1.20 bits per heavy atom. The first-order valence-corrected chi connectivity index (χ1v) is 8.57. The molecular formula is C20H28N4O. The maximum absolute atomic E-state index is 6.01. The Bertz CT molecular complexity index is 763. The van der Waals surface area contributed by atoms with E-state index < -0.39 is 0 Å². The van der Waals surface area contributed by atoms with Crippen molar-refractivity contribution in [2.75, 3.05) is 13.6 Å². The highest BCUT2D eigenvalue weighted by atomic mass is 16.5. The van der Waals surface area contributed by atoms with Crippen LogP contribution in [0, 0.1) is 13.8 Å². The molecular weight excluding hydrogens is 312 g/mol. The maximum atomic E-state index is 6.01. The first-order chi connectivity index (χ1) is 11.7. The van der Waals surface area contributed by atoms with Gasteiger partial charge in [-0.05, 0) is 44.0 Å². The van der Waals surface area contributed by atoms with E-state index in [1.165, 1.54) is 0 Å². The minimum absolute atomic E-state index is 0.117. The van der Waals surface area contributed by atoms with Crippen LogP contribution in [-0.4, -0.2) is 34.8 Å². The molecule has 0 bridgehead atoms. The largest absolute Gasteiger partial charge is 0.439 e. The van der Waals surface area contributed by atoms with Gasteiger partial charge >= 0.3 is 0 Å². The monoisotopic (exact) mass is 340 g/mol. The van der Waals surface area contributed by atoms with Crippen LogP contribution in [-0.2, 0) is 5.41 Å². The number of aliphatic imine (C=N–C) groups is 1. The molecule has 0 aliphatic heterocycles. The van der Waals surface area contributed by atoms with Crippen LogP contribution in [0.1, 0.15) is 44.6 Å². The van der Waals surface area contributed by atoms with Gasteiger partial charge in [0.05, 0.1) is 12.0 Å². The summed E-state index contributed by atoms with van der Waals surface area (Å²) in [7, 11) is 2.01. The zero-order valence-electron chi connectivity index (χ0n) is 16.3. The molecule has 1 aromatic carbocycles. The number of hydrogen-bond acceptors (Lipinski definition) is 4. The second-order valence-corrected chi connectivity index (χ2v) is 7.29. The predicted octanol–water partition coefficient (Wildman–Crippen LogP) is 4.79. The van der Waals surface area contributed by atoms with Gasteiger partial charge in [-0.2, -0.15) is 4.98 Å². The van der Waals surface area contributed by atoms with Gasteiger partial charge in [-0.3, -0.25) is 0 Å². The third kappa shape index (κ3) is 5.02. The van der Waals surface area contributed by atoms with Crippen molar-refractivity contribution >= 4 is 12.0 Å². The van der Waals surface area contributed by atoms with Crippen LogP contribution in [0.4, 0.5) is 5.69 Å². The summed E-state index contributed by atoms with van der Waals surface area (Å²) < 4.78 is 6.01. The fourth-order valence-electron chi connectivity index (χ4n) is 2.14. The number of hydrogen-bond donors (Lipinski definition) is 0. The van der Waals surface area contributed by atoms with Gasteiger partial charge in [0.2, 0.25) is 5.88 Å². The van der Waals surface area contributed by atoms with Crippen LogP contribution >= 0.6 is 0 Å². The van der Waals surface area contributed by atoms with E-state index in [4.69, 9.17) is 4.74 Å². The van der Waals surface area contributed by atoms with Gasteiger partial charge in [0.15, 0.2) is 0 Å². The highest BCUT2D eigenvalue weighted by Gasteiger charge is 2.18. The van der Waals surface area contributed by atoms with E-state index in [0.717, 1.165) is 34.9 Å². The molecule has 0 radical (unpaired) electrons. The average Bonchev–Trinajstić information content (AvgIpc) is 2.55. The van der Waals surface area contributed by atoms with E-state index in [-0.39, 0.29) is 5.41 Å². The zero-order valence-corrected chi connectivity index (χ0v) is 16.3. The van der Waals surface area contributed by atoms with Gasteiger partial charge in [0, 0.05) is 31.3 Å². The molecule has 0 atom stereocenters. The van der Waals surface area contributed by atoms with Gasteiger partial charge < -0.3 is 9.64 Å². The third-order valence-corrected chi connectivity index (χ3v) is 3.90. The van der Waals surface area contributed by atoms with E-state index >= 15 is 0 Å². The Labute approximate surface area is 150 Å². The Kier molecular flexibility index (Phi) is 5.77. The number of benzene rings is 1. The van der Waals surface area contributed by atoms with Gasteiger partial charge in [-0.15, -0.1) is 0 Å². The Morgan fingerprint density at radius 3 is 2.56 bits per heavy atom. The van der Waals surface area contributed by atoms with Gasteiger partial charge in [0.25, 0.3) is 0 Å². The normalized spacial score (nSPS) is 11.8. The summed E-state index contributed by atoms with van der Waals surface area (Å²) in [4.78, 5) is 15.5. The van der Waals surface area contributed by atoms with Crippen LogP contribution in [0.3, 0.4) is 0 Å². The second-order valence-electron chi connectivity index (χ2n) is 7.29. The minimum Gasteiger partial charge on any atom is -0.439 e. The van der Waals surface area contributed by atoms with Crippen molar-refractivity contribution in [1.82, 2.24) is 14.9 Å². The lowest BCUT2D eigenvalue weighted by molar-refractivity contribution is 0.443. The number of nitrogens with zero attached hydrogens (tertiary/aromatic N) is 4. The first kappa shape index (κ1) is 18.9. The highest BCUT2D eigenvalue weighted by Crippen LogP contribution is 2.31. The molecule has 0 aliphatic carbocycles. The van der Waals surface area contributed by atoms with Gasteiger partial charge in [-0.1, -0.05) is 20.8 Å². The number of rotatable bonds is 5. The average molecular weight is 340 g/mol. The Balaban J connectivity index is 2.27. The molecule has 134 valence electrons. The number of aryl methyl sites for hydroxylation is 2. The lowest BCUT2D eigenvalue weighted by Crippen LogP contribution is -2.15. The molecule has 0 spiro atoms. The van der Waals surface area contributed by atoms with E-state index in [1.807, 2.05) is 44.3 Å². The summed E-state index contributed by atoms with van der Waals surface area (Å²) in [5.41, 5.74) is 2.91. The maximum Gasteiger partial charge on any atom is 0.222 e. The fraction of sp³-hybridized carbons (Fsp3) is 0.450. The van der Waals surface area contributed by atoms with Crippen LogP contribution in [0.5, 0.6) is 11.6 Å². The minimum atomic E-state index is -0.117. The molecule has 0 N–H and O–H groups in total. The molecule has 0 saturated heterocycles. The quantitative estimate of drug-likeness (QED) is 0.580. The molecule has 2 rings (SSSR count). The van der Waals surface area contributed by atoms with E-state index in [2.05, 4.69) is 42.7 Å². The Hall–Kier alpha value is -2.43. The van der Waals surface area contributed by atoms with E-state index in [1.54, 1.807) is 12.3 Å². The smallest absolute Gasteiger partial charge is 0.222 e. The number of aromatic nitrogens is 2. The SMILES string of the molecule is CCN(C)/C=N/c1cc(C)c(Oc2ccnc(C(C)(C)C)n2)cc1C. The zero-order chi connectivity index (χ0) is 18.6. The van der Waals surface area contributed by atoms with Crippen molar-refractivity contribution in [3.05, 3.63) is 41.3 Å². The topological polar surface area (TPSA) is 50.6 Å². The predicted molar refractivity (Wildman–Crippen MR) is 103 cm³/mol. The second kappa shape index (κ2) is 7.64. The first-order valence-electron chi connectivity index (χ1n) is 8.57. The molecule has 0 unspecified atom stereocenters. The lowest BCUT2D eigenvalue weighted by atomic mass is 9.96. The lowest BCUT2D eigenvalue weighted by Gasteiger charge is -2.17. The molecule has 5 nitrogen and oxygen atoms in total. The standard InChI is InChI=1S/C20H28N4O/c1-8-24(7)13-22-16-11-15(3)17(12-14(16)2)25-18-9-10-21-19(23-18)20(4,5)6/h9-13H,8H2,1-7H3/b22-13+. The molecule has 0 amide bonds. The van der Waals surface area contributed by atoms with Crippen molar-refractivity contribution < 1.29 is 4.74 Å². The molecule has 0 fully saturated rings. The third-order valence-electron chi connectivity index (χ3n) is 3.90. The summed E-state index contributed by atoms with van der Waals surface area (Å²) in [6, 6.07) is 5.83. The summed E-state index contributed by atoms with van der Waals surface area (Å²) in [5.74, 6) is 2.12. The summed E-state index contributed by atoms with van der Waals surface area (Å²) >= 11 is 0. The highest BCUT2D eigenvalue weighted by molar-refractivity contribution is 5.64. The molecule has 25 heavy (non-hydrogen) atoms. The van der Waals surface area contributed by atoms with Crippen molar-refractivity contribution in [2.24, 2.45) is 4.99 Å². The molecule has 0 aliphatic rings. The molecule has 2 aromatic rings. The summed E-state index contributed by atoms with van der Waals surface area (Å²) in [5, 5.41) is 0. The molecule has 1 heterocycles. The summed E-state index contributed by atoms with van der Waals surface area (Å²) in [6.45, 7) is 13.3. The van der Waals surface area contributed by atoms with Crippen molar-refractivity contribution in [3.8, 4) is 11.6 Å². The van der Waals surface area contributed by atoms with Crippen LogP contribution in [0.25, 0.3) is 0 Å². The summed E-state index contributed by atoms with van der Waals surface area (Å²) in [6.07, 6.45) is 3.59.